The molecule has 0 saturated heterocycles. The molecule has 0 unspecified atom stereocenters. The van der Waals surface area contributed by atoms with Crippen LogP contribution in [0.3, 0.4) is 0 Å². The Balaban J connectivity index is 3.07. The molecule has 0 aromatic carbocycles. The third kappa shape index (κ3) is 7.38. The molecule has 0 aromatic rings. The number of unbranched alkanes of at least 4 members (excludes halogenated alkanes) is 2. The molecule has 0 amide bonds. The first kappa shape index (κ1) is 10.5. The lowest BCUT2D eigenvalue weighted by atomic mass is 10.1. The van der Waals surface area contributed by atoms with Crippen LogP contribution >= 0.6 is 0 Å². The topological polar surface area (TPSA) is 20.2 Å². The van der Waals surface area contributed by atoms with Gasteiger partial charge in [0.25, 0.3) is 0 Å². The van der Waals surface area contributed by atoms with Crippen LogP contribution in [0.1, 0.15) is 39.0 Å². The largest absolute Gasteiger partial charge is 0.393 e. The number of allylic oxidation sites excluding steroid dienone is 1. The molecule has 0 rings (SSSR count). The Hall–Kier alpha value is -0.520. The van der Waals surface area contributed by atoms with Gasteiger partial charge in [-0.3, -0.25) is 0 Å². The molecule has 0 aliphatic rings. The first-order valence-corrected chi connectivity index (χ1v) is 4.33. The number of hydrogen-bond donors (Lipinski definition) is 1. The van der Waals surface area contributed by atoms with E-state index in [1.54, 1.807) is 0 Å². The lowest BCUT2D eigenvalue weighted by molar-refractivity contribution is 0.157. The quantitative estimate of drug-likeness (QED) is 0.460. The van der Waals surface area contributed by atoms with Crippen LogP contribution in [0.25, 0.3) is 0 Å². The maximum Gasteiger partial charge on any atom is 0.0537 e. The van der Waals surface area contributed by atoms with E-state index >= 15 is 0 Å². The summed E-state index contributed by atoms with van der Waals surface area (Å²) in [5, 5.41) is 9.18. The smallest absolute Gasteiger partial charge is 0.0537 e. The molecule has 1 nitrogen and oxygen atoms in total. The fraction of sp³-hybridized carbons (Fsp3) is 0.700. The minimum Gasteiger partial charge on any atom is -0.393 e. The van der Waals surface area contributed by atoms with Crippen molar-refractivity contribution < 1.29 is 5.11 Å². The molecular formula is C10H18O. The second kappa shape index (κ2) is 7.59. The highest BCUT2D eigenvalue weighted by Crippen LogP contribution is 2.05. The van der Waals surface area contributed by atoms with E-state index in [0.717, 1.165) is 32.1 Å². The van der Waals surface area contributed by atoms with E-state index in [1.165, 1.54) is 0 Å². The lowest BCUT2D eigenvalue weighted by Gasteiger charge is -2.04. The number of aliphatic hydroxyl groups excluding tert-OH is 1. The predicted octanol–water partition coefficient (Wildman–Crippen LogP) is 2.66. The van der Waals surface area contributed by atoms with Crippen LogP contribution in [0.15, 0.2) is 18.4 Å². The minimum absolute atomic E-state index is 0.0947. The first-order valence-electron chi connectivity index (χ1n) is 4.33. The van der Waals surface area contributed by atoms with Gasteiger partial charge in [-0.1, -0.05) is 19.9 Å². The molecule has 1 heteroatoms. The average molecular weight is 154 g/mol. The van der Waals surface area contributed by atoms with E-state index in [2.05, 4.69) is 12.3 Å². The van der Waals surface area contributed by atoms with Gasteiger partial charge in [0.05, 0.1) is 6.10 Å². The first-order chi connectivity index (χ1) is 5.31. The number of rotatable bonds is 6. The second-order valence-electron chi connectivity index (χ2n) is 2.75. The molecule has 0 saturated carbocycles. The van der Waals surface area contributed by atoms with Gasteiger partial charge in [-0.25, -0.2) is 0 Å². The monoisotopic (exact) mass is 154 g/mol. The Labute approximate surface area is 69.4 Å². The summed E-state index contributed by atoms with van der Waals surface area (Å²) in [4.78, 5) is 0. The van der Waals surface area contributed by atoms with Gasteiger partial charge in [0.15, 0.2) is 0 Å². The summed E-state index contributed by atoms with van der Waals surface area (Å²) < 4.78 is 0. The fourth-order valence-electron chi connectivity index (χ4n) is 0.933. The molecule has 0 bridgehead atoms. The molecule has 0 aliphatic carbocycles. The van der Waals surface area contributed by atoms with Crippen molar-refractivity contribution in [3.63, 3.8) is 0 Å². The third-order valence-corrected chi connectivity index (χ3v) is 1.75. The molecular weight excluding hydrogens is 136 g/mol. The van der Waals surface area contributed by atoms with Crippen LogP contribution in [-0.4, -0.2) is 11.2 Å². The summed E-state index contributed by atoms with van der Waals surface area (Å²) in [5.74, 6) is 0. The SMILES string of the molecule is C=C=CCCCC[C@H](O)CC. The van der Waals surface area contributed by atoms with E-state index in [4.69, 9.17) is 0 Å². The molecule has 11 heavy (non-hydrogen) atoms. The number of aliphatic hydroxyl groups is 1. The van der Waals surface area contributed by atoms with Crippen LogP contribution < -0.4 is 0 Å². The maximum atomic E-state index is 9.18. The molecule has 64 valence electrons. The second-order valence-corrected chi connectivity index (χ2v) is 2.75. The Morgan fingerprint density at radius 1 is 1.55 bits per heavy atom. The summed E-state index contributed by atoms with van der Waals surface area (Å²) >= 11 is 0. The molecule has 1 atom stereocenters. The van der Waals surface area contributed by atoms with E-state index in [-0.39, 0.29) is 6.10 Å². The normalized spacial score (nSPS) is 12.2. The van der Waals surface area contributed by atoms with Crippen LogP contribution in [0.5, 0.6) is 0 Å². The standard InChI is InChI=1S/C10H18O/c1-3-5-6-7-8-9-10(11)4-2/h5,10-11H,1,4,6-9H2,2H3/t10-/m1/s1. The van der Waals surface area contributed by atoms with Crippen molar-refractivity contribution in [2.45, 2.75) is 45.1 Å². The van der Waals surface area contributed by atoms with E-state index in [9.17, 15) is 5.11 Å². The van der Waals surface area contributed by atoms with E-state index in [1.807, 2.05) is 13.0 Å². The Morgan fingerprint density at radius 2 is 2.27 bits per heavy atom. The highest BCUT2D eigenvalue weighted by Gasteiger charge is 1.98. The van der Waals surface area contributed by atoms with Crippen molar-refractivity contribution in [3.8, 4) is 0 Å². The Kier molecular flexibility index (Phi) is 7.23. The summed E-state index contributed by atoms with van der Waals surface area (Å²) in [5.41, 5.74) is 2.73. The zero-order valence-corrected chi connectivity index (χ0v) is 7.34. The van der Waals surface area contributed by atoms with Gasteiger partial charge < -0.3 is 5.11 Å². The summed E-state index contributed by atoms with van der Waals surface area (Å²) in [6, 6.07) is 0. The van der Waals surface area contributed by atoms with Crippen LogP contribution in [0.4, 0.5) is 0 Å². The van der Waals surface area contributed by atoms with Crippen LogP contribution in [0, 0.1) is 0 Å². The summed E-state index contributed by atoms with van der Waals surface area (Å²) in [6.45, 7) is 5.49. The zero-order chi connectivity index (χ0) is 8.53. The summed E-state index contributed by atoms with van der Waals surface area (Å²) in [6.07, 6.45) is 6.94. The van der Waals surface area contributed by atoms with Crippen molar-refractivity contribution >= 4 is 0 Å². The van der Waals surface area contributed by atoms with Crippen molar-refractivity contribution in [1.82, 2.24) is 0 Å². The van der Waals surface area contributed by atoms with Crippen molar-refractivity contribution in [3.05, 3.63) is 18.4 Å². The van der Waals surface area contributed by atoms with Crippen molar-refractivity contribution in [2.75, 3.05) is 0 Å². The third-order valence-electron chi connectivity index (χ3n) is 1.75. The highest BCUT2D eigenvalue weighted by molar-refractivity contribution is 4.75. The van der Waals surface area contributed by atoms with Crippen molar-refractivity contribution in [2.24, 2.45) is 0 Å². The minimum atomic E-state index is -0.0947. The van der Waals surface area contributed by atoms with Crippen LogP contribution in [-0.2, 0) is 0 Å². The Bertz CT molecular complexity index is 123. The Morgan fingerprint density at radius 3 is 2.82 bits per heavy atom. The van der Waals surface area contributed by atoms with E-state index < -0.39 is 0 Å². The molecule has 0 radical (unpaired) electrons. The summed E-state index contributed by atoms with van der Waals surface area (Å²) in [7, 11) is 0. The van der Waals surface area contributed by atoms with Gasteiger partial charge in [0, 0.05) is 0 Å². The fourth-order valence-corrected chi connectivity index (χ4v) is 0.933. The van der Waals surface area contributed by atoms with Crippen molar-refractivity contribution in [1.29, 1.82) is 0 Å². The molecule has 0 heterocycles. The number of hydrogen-bond acceptors (Lipinski definition) is 1. The van der Waals surface area contributed by atoms with Gasteiger partial charge in [0.2, 0.25) is 0 Å². The average Bonchev–Trinajstić information content (AvgIpc) is 2.04. The molecule has 0 spiro atoms. The van der Waals surface area contributed by atoms with E-state index in [0.29, 0.717) is 0 Å². The lowest BCUT2D eigenvalue weighted by Crippen LogP contribution is -2.02. The van der Waals surface area contributed by atoms with Gasteiger partial charge >= 0.3 is 0 Å². The maximum absolute atomic E-state index is 9.18. The molecule has 0 fully saturated rings. The molecule has 1 N–H and O–H groups in total. The molecule has 0 aliphatic heterocycles. The van der Waals surface area contributed by atoms with Gasteiger partial charge in [-0.05, 0) is 31.8 Å². The molecule has 0 aromatic heterocycles. The van der Waals surface area contributed by atoms with Gasteiger partial charge in [-0.2, -0.15) is 0 Å². The van der Waals surface area contributed by atoms with Gasteiger partial charge in [0.1, 0.15) is 0 Å². The highest BCUT2D eigenvalue weighted by atomic mass is 16.3. The van der Waals surface area contributed by atoms with Gasteiger partial charge in [-0.15, -0.1) is 5.73 Å². The van der Waals surface area contributed by atoms with Crippen LogP contribution in [0.2, 0.25) is 0 Å². The zero-order valence-electron chi connectivity index (χ0n) is 7.34. The predicted molar refractivity (Wildman–Crippen MR) is 48.5 cm³/mol.